The second kappa shape index (κ2) is 18.5. The van der Waals surface area contributed by atoms with Gasteiger partial charge in [-0.1, -0.05) is 0 Å². The van der Waals surface area contributed by atoms with Gasteiger partial charge in [0.05, 0.1) is 32.4 Å². The highest BCUT2D eigenvalue weighted by Crippen LogP contribution is 2.49. The summed E-state index contributed by atoms with van der Waals surface area (Å²) in [6, 6.07) is 13.9. The molecule has 3 aromatic carbocycles. The van der Waals surface area contributed by atoms with E-state index in [2.05, 4.69) is 15.6 Å². The normalized spacial score (nSPS) is 13.2. The zero-order valence-corrected chi connectivity index (χ0v) is 32.5. The van der Waals surface area contributed by atoms with E-state index in [1.807, 2.05) is 0 Å². The van der Waals surface area contributed by atoms with Gasteiger partial charge in [-0.25, -0.2) is 13.6 Å². The number of fused-ring (bicyclic) bond motifs is 1. The fraction of sp³-hybridized carbons (Fsp3) is 0.368. The van der Waals surface area contributed by atoms with Crippen LogP contribution >= 0.6 is 7.60 Å². The molecule has 0 unspecified atom stereocenters. The van der Waals surface area contributed by atoms with Crippen LogP contribution in [0.4, 0.5) is 25.0 Å². The van der Waals surface area contributed by atoms with Crippen molar-refractivity contribution in [1.29, 1.82) is 0 Å². The predicted molar refractivity (Wildman–Crippen MR) is 203 cm³/mol. The summed E-state index contributed by atoms with van der Waals surface area (Å²) < 4.78 is 70.2. The molecule has 1 aromatic heterocycles. The van der Waals surface area contributed by atoms with E-state index in [-0.39, 0.29) is 49.8 Å². The predicted octanol–water partition coefficient (Wildman–Crippen LogP) is 7.58. The highest BCUT2D eigenvalue weighted by atomic mass is 31.2. The first-order chi connectivity index (χ1) is 26.8. The molecule has 0 bridgehead atoms. The summed E-state index contributed by atoms with van der Waals surface area (Å²) in [5.41, 5.74) is -0.393. The van der Waals surface area contributed by atoms with E-state index in [1.54, 1.807) is 32.0 Å². The van der Waals surface area contributed by atoms with Crippen LogP contribution in [0.3, 0.4) is 0 Å². The molecule has 2 N–H and O–H groups in total. The molecule has 15 nitrogen and oxygen atoms in total. The number of rotatable bonds is 19. The number of hydrogen-bond acceptors (Lipinski definition) is 12. The molecule has 1 fully saturated rings. The molecule has 18 heteroatoms. The molecule has 0 atom stereocenters. The van der Waals surface area contributed by atoms with Crippen LogP contribution in [0.15, 0.2) is 66.9 Å². The van der Waals surface area contributed by atoms with Crippen LogP contribution in [0.5, 0.6) is 23.0 Å². The molecule has 3 amide bonds. The average Bonchev–Trinajstić information content (AvgIpc) is 3.98. The summed E-state index contributed by atoms with van der Waals surface area (Å²) in [7, 11) is 0.905. The molecule has 300 valence electrons. The molecule has 4 aromatic rings. The average molecular weight is 800 g/mol. The van der Waals surface area contributed by atoms with Crippen molar-refractivity contribution in [1.82, 2.24) is 14.9 Å². The Morgan fingerprint density at radius 3 is 2.12 bits per heavy atom. The number of anilines is 2. The molecule has 1 aliphatic carbocycles. The molecule has 0 aliphatic heterocycles. The summed E-state index contributed by atoms with van der Waals surface area (Å²) in [5, 5.41) is 6.94. The van der Waals surface area contributed by atoms with Gasteiger partial charge < -0.3 is 43.6 Å². The third-order valence-corrected chi connectivity index (χ3v) is 10.4. The van der Waals surface area contributed by atoms with Gasteiger partial charge in [-0.15, -0.1) is 5.06 Å². The molecule has 0 spiro atoms. The number of amides is 3. The fourth-order valence-electron chi connectivity index (χ4n) is 5.45. The summed E-state index contributed by atoms with van der Waals surface area (Å²) in [4.78, 5) is 49.4. The van der Waals surface area contributed by atoms with Crippen LogP contribution in [0.25, 0.3) is 10.9 Å². The zero-order chi connectivity index (χ0) is 40.5. The Labute approximate surface area is 322 Å². The summed E-state index contributed by atoms with van der Waals surface area (Å²) in [5.74, 6) is -1.59. The number of carbonyl (C=O) groups is 3. The van der Waals surface area contributed by atoms with Crippen LogP contribution in [0.2, 0.25) is 0 Å². The van der Waals surface area contributed by atoms with Crippen molar-refractivity contribution in [2.24, 2.45) is 5.41 Å². The number of ether oxygens (including phenoxy) is 3. The van der Waals surface area contributed by atoms with Crippen molar-refractivity contribution in [3.63, 3.8) is 0 Å². The lowest BCUT2D eigenvalue weighted by molar-refractivity contribution is -0.131. The molecule has 0 radical (unpaired) electrons. The molecular formula is C38H44F2N5O10P. The van der Waals surface area contributed by atoms with Gasteiger partial charge in [0.2, 0.25) is 11.8 Å². The van der Waals surface area contributed by atoms with E-state index >= 15 is 4.39 Å². The van der Waals surface area contributed by atoms with E-state index in [4.69, 9.17) is 28.1 Å². The van der Waals surface area contributed by atoms with Crippen LogP contribution in [-0.4, -0.2) is 86.7 Å². The number of nitrogens with one attached hydrogen (secondary N) is 2. The van der Waals surface area contributed by atoms with Crippen molar-refractivity contribution in [3.8, 4) is 23.0 Å². The quantitative estimate of drug-likeness (QED) is 0.0414. The van der Waals surface area contributed by atoms with Gasteiger partial charge in [-0.05, 0) is 81.6 Å². The third kappa shape index (κ3) is 10.5. The second-order valence-electron chi connectivity index (χ2n) is 12.8. The lowest BCUT2D eigenvalue weighted by Gasteiger charge is -2.26. The van der Waals surface area contributed by atoms with Gasteiger partial charge in [-0.2, -0.15) is 0 Å². The van der Waals surface area contributed by atoms with Gasteiger partial charge in [-0.3, -0.25) is 19.1 Å². The number of carbonyl (C=O) groups excluding carboxylic acids is 3. The van der Waals surface area contributed by atoms with Crippen LogP contribution < -0.4 is 24.8 Å². The first kappa shape index (κ1) is 41.8. The van der Waals surface area contributed by atoms with E-state index < -0.39 is 42.6 Å². The number of nitrogens with zero attached hydrogens (tertiary/aromatic N) is 3. The number of aromatic nitrogens is 1. The molecule has 1 heterocycles. The Morgan fingerprint density at radius 1 is 0.857 bits per heavy atom. The molecule has 1 aliphatic rings. The van der Waals surface area contributed by atoms with Gasteiger partial charge in [0.15, 0.2) is 23.1 Å². The van der Waals surface area contributed by atoms with Gasteiger partial charge in [0.25, 0.3) is 0 Å². The highest BCUT2D eigenvalue weighted by molar-refractivity contribution is 7.53. The van der Waals surface area contributed by atoms with Gasteiger partial charge >= 0.3 is 13.7 Å². The van der Waals surface area contributed by atoms with Crippen LogP contribution in [0, 0.1) is 17.0 Å². The number of hydrogen-bond donors (Lipinski definition) is 2. The van der Waals surface area contributed by atoms with Crippen molar-refractivity contribution >= 4 is 47.8 Å². The number of pyridine rings is 1. The largest absolute Gasteiger partial charge is 0.493 e. The third-order valence-electron chi connectivity index (χ3n) is 8.48. The number of halogens is 2. The highest BCUT2D eigenvalue weighted by Gasteiger charge is 2.56. The molecule has 56 heavy (non-hydrogen) atoms. The lowest BCUT2D eigenvalue weighted by Crippen LogP contribution is -2.35. The van der Waals surface area contributed by atoms with Gasteiger partial charge in [0, 0.05) is 55.7 Å². The van der Waals surface area contributed by atoms with Crippen molar-refractivity contribution in [2.45, 2.75) is 33.1 Å². The first-order valence-corrected chi connectivity index (χ1v) is 19.5. The van der Waals surface area contributed by atoms with E-state index in [0.717, 1.165) is 6.07 Å². The Morgan fingerprint density at radius 2 is 1.52 bits per heavy atom. The van der Waals surface area contributed by atoms with E-state index in [0.29, 0.717) is 47.4 Å². The van der Waals surface area contributed by atoms with Crippen molar-refractivity contribution < 1.29 is 55.8 Å². The maximum absolute atomic E-state index is 15.4. The first-order valence-electron chi connectivity index (χ1n) is 17.8. The zero-order valence-electron chi connectivity index (χ0n) is 31.6. The monoisotopic (exact) mass is 799 g/mol. The Balaban J connectivity index is 1.25. The van der Waals surface area contributed by atoms with Crippen molar-refractivity contribution in [3.05, 3.63) is 78.5 Å². The fourth-order valence-corrected chi connectivity index (χ4v) is 7.06. The van der Waals surface area contributed by atoms with Crippen LogP contribution in [0.1, 0.15) is 33.1 Å². The van der Waals surface area contributed by atoms with Crippen LogP contribution in [-0.2, 0) is 28.0 Å². The minimum absolute atomic E-state index is 0.110. The number of methoxy groups -OCH3 is 1. The maximum Gasteiger partial charge on any atom is 0.428 e. The minimum atomic E-state index is -3.60. The Hall–Kier alpha value is -5.35. The van der Waals surface area contributed by atoms with E-state index in [9.17, 15) is 23.3 Å². The standard InChI is InChI=1S/C38H44F2N5O10P/c1-6-52-56(49,53-7-2)24-45(55-37(48)44(3)4)19-8-20-51-34-22-28-30(23-33(34)50-5)41-18-15-31(28)54-32-14-13-27(21-29(32)40)43-36(47)38(16-17-38)35(46)42-26-11-9-25(39)10-12-26/h9-15,18,21-23H,6-8,16-17,19-20,24H2,1-5H3,(H,42,46)(H,43,47). The second-order valence-corrected chi connectivity index (χ2v) is 14.8. The molecular weight excluding hydrogens is 755 g/mol. The molecule has 5 rings (SSSR count). The minimum Gasteiger partial charge on any atom is -0.493 e. The number of hydroxylamine groups is 2. The molecule has 0 saturated heterocycles. The number of benzene rings is 3. The van der Waals surface area contributed by atoms with E-state index in [1.165, 1.54) is 73.8 Å². The summed E-state index contributed by atoms with van der Waals surface area (Å²) >= 11 is 0. The summed E-state index contributed by atoms with van der Waals surface area (Å²) in [6.07, 6.45) is 1.44. The molecule has 1 saturated carbocycles. The lowest BCUT2D eigenvalue weighted by atomic mass is 10.0. The summed E-state index contributed by atoms with van der Waals surface area (Å²) in [6.45, 7) is 3.87. The smallest absolute Gasteiger partial charge is 0.428 e. The topological polar surface area (TPSA) is 167 Å². The van der Waals surface area contributed by atoms with Crippen molar-refractivity contribution in [2.75, 3.05) is 64.5 Å². The maximum atomic E-state index is 15.4. The Kier molecular flexibility index (Phi) is 13.8. The SMILES string of the molecule is CCOP(=O)(CN(CCCOc1cc2c(Oc3ccc(NC(=O)C4(C(=O)Nc5ccc(F)cc5)CC4)cc3F)ccnc2cc1OC)OC(=O)N(C)C)OCC. The Bertz CT molecular complexity index is 2070. The van der Waals surface area contributed by atoms with Gasteiger partial charge in [0.1, 0.15) is 23.3 Å².